The molecule has 1 aromatic rings. The van der Waals surface area contributed by atoms with E-state index < -0.39 is 0 Å². The van der Waals surface area contributed by atoms with Gasteiger partial charge in [-0.3, -0.25) is 0 Å². The van der Waals surface area contributed by atoms with Gasteiger partial charge in [-0.25, -0.2) is 9.67 Å². The smallest absolute Gasteiger partial charge is 0.252 e. The van der Waals surface area contributed by atoms with E-state index in [0.717, 1.165) is 32.3 Å². The van der Waals surface area contributed by atoms with Gasteiger partial charge in [-0.1, -0.05) is 0 Å². The normalized spacial score (nSPS) is 26.9. The Bertz CT molecular complexity index is 455. The zero-order valence-electron chi connectivity index (χ0n) is 10.2. The van der Waals surface area contributed by atoms with Crippen LogP contribution >= 0.6 is 11.8 Å². The van der Waals surface area contributed by atoms with E-state index in [1.54, 1.807) is 6.33 Å². The second-order valence-electron chi connectivity index (χ2n) is 4.95. The van der Waals surface area contributed by atoms with E-state index in [9.17, 15) is 0 Å². The van der Waals surface area contributed by atoms with Crippen LogP contribution < -0.4 is 0 Å². The van der Waals surface area contributed by atoms with Crippen molar-refractivity contribution < 1.29 is 4.74 Å². The van der Waals surface area contributed by atoms with Crippen LogP contribution in [0.3, 0.4) is 0 Å². The summed E-state index contributed by atoms with van der Waals surface area (Å²) in [6.07, 6.45) is 5.91. The Kier molecular flexibility index (Phi) is 3.27. The monoisotopic (exact) mass is 264 g/mol. The van der Waals surface area contributed by atoms with Crippen molar-refractivity contribution in [3.8, 4) is 6.07 Å². The summed E-state index contributed by atoms with van der Waals surface area (Å²) in [7, 11) is 0. The molecule has 0 amide bonds. The third kappa shape index (κ3) is 2.25. The van der Waals surface area contributed by atoms with Crippen LogP contribution in [0.15, 0.2) is 6.33 Å². The molecule has 2 aliphatic heterocycles. The standard InChI is InChI=1S/C12H16N4OS/c13-8-11-14-9-16(15-11)10-1-4-17-12(7-10)2-5-18-6-3-12/h9-10H,1-7H2. The first-order valence-corrected chi connectivity index (χ1v) is 7.50. The molecule has 0 N–H and O–H groups in total. The summed E-state index contributed by atoms with van der Waals surface area (Å²) in [6.45, 7) is 0.789. The summed E-state index contributed by atoms with van der Waals surface area (Å²) in [6, 6.07) is 2.31. The summed E-state index contributed by atoms with van der Waals surface area (Å²) >= 11 is 2.01. The molecule has 1 aromatic heterocycles. The second kappa shape index (κ2) is 4.90. The van der Waals surface area contributed by atoms with E-state index in [2.05, 4.69) is 10.1 Å². The van der Waals surface area contributed by atoms with E-state index in [4.69, 9.17) is 10.00 Å². The Morgan fingerprint density at radius 2 is 2.33 bits per heavy atom. The van der Waals surface area contributed by atoms with Crippen molar-refractivity contribution in [2.45, 2.75) is 37.3 Å². The first kappa shape index (κ1) is 12.0. The van der Waals surface area contributed by atoms with Crippen molar-refractivity contribution >= 4 is 11.8 Å². The Labute approximate surface area is 111 Å². The number of aromatic nitrogens is 3. The molecule has 1 spiro atoms. The SMILES string of the molecule is N#Cc1ncn(C2CCOC3(CCSCC3)C2)n1. The summed E-state index contributed by atoms with van der Waals surface area (Å²) in [5.74, 6) is 2.64. The molecule has 0 radical (unpaired) electrons. The summed E-state index contributed by atoms with van der Waals surface area (Å²) in [5.41, 5.74) is 0.0485. The van der Waals surface area contributed by atoms with Gasteiger partial charge in [-0.2, -0.15) is 17.0 Å². The lowest BCUT2D eigenvalue weighted by molar-refractivity contribution is -0.100. The third-order valence-electron chi connectivity index (χ3n) is 3.85. The molecule has 6 heteroatoms. The number of thioether (sulfide) groups is 1. The van der Waals surface area contributed by atoms with Crippen LogP contribution in [0, 0.1) is 11.3 Å². The zero-order chi connectivity index (χ0) is 12.4. The molecule has 1 unspecified atom stereocenters. The Hall–Kier alpha value is -1.06. The number of nitrogens with zero attached hydrogens (tertiary/aromatic N) is 4. The molecule has 96 valence electrons. The fourth-order valence-corrected chi connectivity index (χ4v) is 4.06. The highest BCUT2D eigenvalue weighted by Crippen LogP contribution is 2.41. The van der Waals surface area contributed by atoms with Crippen molar-refractivity contribution in [1.82, 2.24) is 14.8 Å². The molecule has 2 saturated heterocycles. The van der Waals surface area contributed by atoms with E-state index in [1.807, 2.05) is 22.5 Å². The van der Waals surface area contributed by atoms with Crippen molar-refractivity contribution in [2.24, 2.45) is 0 Å². The first-order valence-electron chi connectivity index (χ1n) is 6.34. The number of hydrogen-bond acceptors (Lipinski definition) is 5. The highest BCUT2D eigenvalue weighted by atomic mass is 32.2. The van der Waals surface area contributed by atoms with E-state index >= 15 is 0 Å². The first-order chi connectivity index (χ1) is 8.81. The number of ether oxygens (including phenoxy) is 1. The summed E-state index contributed by atoms with van der Waals surface area (Å²) < 4.78 is 7.90. The van der Waals surface area contributed by atoms with Gasteiger partial charge >= 0.3 is 0 Å². The van der Waals surface area contributed by atoms with E-state index in [1.165, 1.54) is 11.5 Å². The van der Waals surface area contributed by atoms with Crippen molar-refractivity contribution in [2.75, 3.05) is 18.1 Å². The molecule has 0 aromatic carbocycles. The largest absolute Gasteiger partial charge is 0.375 e. The predicted octanol–water partition coefficient (Wildman–Crippen LogP) is 1.77. The minimum atomic E-state index is 0.0485. The molecular weight excluding hydrogens is 248 g/mol. The van der Waals surface area contributed by atoms with Crippen molar-refractivity contribution in [3.63, 3.8) is 0 Å². The maximum absolute atomic E-state index is 8.78. The van der Waals surface area contributed by atoms with Crippen molar-refractivity contribution in [1.29, 1.82) is 5.26 Å². The number of hydrogen-bond donors (Lipinski definition) is 0. The Morgan fingerprint density at radius 1 is 1.50 bits per heavy atom. The topological polar surface area (TPSA) is 63.7 Å². The van der Waals surface area contributed by atoms with Crippen LogP contribution in [-0.2, 0) is 4.74 Å². The molecule has 18 heavy (non-hydrogen) atoms. The summed E-state index contributed by atoms with van der Waals surface area (Å²) in [4.78, 5) is 3.99. The average Bonchev–Trinajstić information content (AvgIpc) is 2.88. The highest BCUT2D eigenvalue weighted by Gasteiger charge is 2.39. The van der Waals surface area contributed by atoms with Crippen LogP contribution in [0.2, 0.25) is 0 Å². The molecular formula is C12H16N4OS. The van der Waals surface area contributed by atoms with Gasteiger partial charge in [0.2, 0.25) is 0 Å². The number of rotatable bonds is 1. The molecule has 5 nitrogen and oxygen atoms in total. The molecule has 0 saturated carbocycles. The van der Waals surface area contributed by atoms with Gasteiger partial charge in [0.15, 0.2) is 0 Å². The minimum Gasteiger partial charge on any atom is -0.375 e. The molecule has 2 fully saturated rings. The lowest BCUT2D eigenvalue weighted by Gasteiger charge is -2.43. The highest BCUT2D eigenvalue weighted by molar-refractivity contribution is 7.99. The molecule has 0 bridgehead atoms. The number of nitriles is 1. The Morgan fingerprint density at radius 3 is 3.06 bits per heavy atom. The third-order valence-corrected chi connectivity index (χ3v) is 4.84. The lowest BCUT2D eigenvalue weighted by atomic mass is 9.85. The maximum atomic E-state index is 8.78. The van der Waals surface area contributed by atoms with Crippen LogP contribution in [-0.4, -0.2) is 38.5 Å². The predicted molar refractivity (Wildman–Crippen MR) is 68.3 cm³/mol. The van der Waals surface area contributed by atoms with E-state index in [-0.39, 0.29) is 11.4 Å². The van der Waals surface area contributed by atoms with Gasteiger partial charge < -0.3 is 4.74 Å². The maximum Gasteiger partial charge on any atom is 0.252 e. The fraction of sp³-hybridized carbons (Fsp3) is 0.750. The van der Waals surface area contributed by atoms with Gasteiger partial charge in [0.1, 0.15) is 12.4 Å². The summed E-state index contributed by atoms with van der Waals surface area (Å²) in [5, 5.41) is 13.0. The van der Waals surface area contributed by atoms with Gasteiger partial charge in [-0.05, 0) is 37.2 Å². The lowest BCUT2D eigenvalue weighted by Crippen LogP contribution is -2.43. The van der Waals surface area contributed by atoms with Gasteiger partial charge in [0, 0.05) is 6.61 Å². The molecule has 1 atom stereocenters. The van der Waals surface area contributed by atoms with Crippen LogP contribution in [0.1, 0.15) is 37.5 Å². The molecule has 0 aliphatic carbocycles. The van der Waals surface area contributed by atoms with Crippen LogP contribution in [0.4, 0.5) is 0 Å². The minimum absolute atomic E-state index is 0.0485. The second-order valence-corrected chi connectivity index (χ2v) is 6.18. The van der Waals surface area contributed by atoms with E-state index in [0.29, 0.717) is 6.04 Å². The van der Waals surface area contributed by atoms with Crippen LogP contribution in [0.25, 0.3) is 0 Å². The molecule has 3 heterocycles. The van der Waals surface area contributed by atoms with Crippen molar-refractivity contribution in [3.05, 3.63) is 12.2 Å². The van der Waals surface area contributed by atoms with Gasteiger partial charge in [0.05, 0.1) is 11.6 Å². The Balaban J connectivity index is 1.75. The van der Waals surface area contributed by atoms with Gasteiger partial charge in [0.25, 0.3) is 5.82 Å². The van der Waals surface area contributed by atoms with Crippen LogP contribution in [0.5, 0.6) is 0 Å². The quantitative estimate of drug-likeness (QED) is 0.773. The molecule has 2 aliphatic rings. The van der Waals surface area contributed by atoms with Gasteiger partial charge in [-0.15, -0.1) is 5.10 Å². The molecule has 3 rings (SSSR count). The average molecular weight is 264 g/mol. The zero-order valence-corrected chi connectivity index (χ0v) is 11.0. The fourth-order valence-electron chi connectivity index (χ4n) is 2.82.